The Bertz CT molecular complexity index is 665. The molecule has 0 aliphatic carbocycles. The van der Waals surface area contributed by atoms with E-state index in [1.165, 1.54) is 0 Å². The van der Waals surface area contributed by atoms with Crippen LogP contribution in [-0.4, -0.2) is 78.5 Å². The lowest BCUT2D eigenvalue weighted by Crippen LogP contribution is -2.28. The second kappa shape index (κ2) is 17.0. The van der Waals surface area contributed by atoms with Crippen molar-refractivity contribution in [1.29, 1.82) is 0 Å². The fourth-order valence-corrected chi connectivity index (χ4v) is 3.84. The smallest absolute Gasteiger partial charge is 0.0361 e. The fraction of sp³-hybridized carbons (Fsp3) is 0.538. The van der Waals surface area contributed by atoms with Gasteiger partial charge in [0.25, 0.3) is 0 Å². The highest BCUT2D eigenvalue weighted by Gasteiger charge is 1.98. The Labute approximate surface area is 205 Å². The molecule has 0 unspecified atom stereocenters. The van der Waals surface area contributed by atoms with Crippen molar-refractivity contribution in [2.45, 2.75) is 12.8 Å². The zero-order valence-electron chi connectivity index (χ0n) is 20.5. The number of rotatable bonds is 0. The van der Waals surface area contributed by atoms with Crippen molar-refractivity contribution >= 4 is 22.7 Å². The largest absolute Gasteiger partial charge is 0.384 e. The van der Waals surface area contributed by atoms with E-state index in [4.69, 9.17) is 0 Å². The van der Waals surface area contributed by atoms with Gasteiger partial charge in [-0.15, -0.1) is 0 Å². The molecule has 2 aromatic rings. The molecule has 0 radical (unpaired) electrons. The van der Waals surface area contributed by atoms with Crippen molar-refractivity contribution in [3.05, 3.63) is 48.5 Å². The van der Waals surface area contributed by atoms with Crippen LogP contribution in [0.25, 0.3) is 0 Å². The molecule has 3 rings (SSSR count). The van der Waals surface area contributed by atoms with Crippen molar-refractivity contribution in [3.8, 4) is 0 Å². The highest BCUT2D eigenvalue weighted by Crippen LogP contribution is 2.15. The lowest BCUT2D eigenvalue weighted by Gasteiger charge is -2.13. The Kier molecular flexibility index (Phi) is 13.0. The minimum Gasteiger partial charge on any atom is -0.384 e. The molecule has 0 saturated heterocycles. The lowest BCUT2D eigenvalue weighted by atomic mass is 10.2. The molecular formula is C26H44N8. The maximum absolute atomic E-state index is 3.52. The normalized spacial score (nSPS) is 18.6. The van der Waals surface area contributed by atoms with Crippen LogP contribution in [0.4, 0.5) is 22.7 Å². The molecule has 0 aromatic heterocycles. The van der Waals surface area contributed by atoms with E-state index in [9.17, 15) is 0 Å². The van der Waals surface area contributed by atoms with Gasteiger partial charge in [0.05, 0.1) is 0 Å². The summed E-state index contributed by atoms with van der Waals surface area (Å²) in [6.07, 6.45) is 2.25. The van der Waals surface area contributed by atoms with Crippen LogP contribution in [0.1, 0.15) is 12.8 Å². The Balaban J connectivity index is 1.39. The van der Waals surface area contributed by atoms with E-state index in [1.807, 2.05) is 0 Å². The number of fused-ring (bicyclic) bond motifs is 4. The molecule has 34 heavy (non-hydrogen) atoms. The molecule has 1 aliphatic rings. The lowest BCUT2D eigenvalue weighted by molar-refractivity contribution is 0.608. The standard InChI is InChI=1S/C26H44N8/c1-5-23-21-24(6-1)32-18-14-28-10-4-12-30-16-20-34-26-8-2-7-25(22-26)33-19-15-29-11-3-9-27-13-17-31-23/h1-2,5-8,21-22,27-34H,3-4,9-20H2. The predicted molar refractivity (Wildman–Crippen MR) is 148 cm³/mol. The van der Waals surface area contributed by atoms with Gasteiger partial charge in [-0.25, -0.2) is 0 Å². The van der Waals surface area contributed by atoms with Gasteiger partial charge in [0, 0.05) is 75.1 Å². The van der Waals surface area contributed by atoms with Gasteiger partial charge < -0.3 is 42.5 Å². The number of benzene rings is 2. The maximum atomic E-state index is 3.52. The molecule has 8 N–H and O–H groups in total. The van der Waals surface area contributed by atoms with Crippen LogP contribution in [-0.2, 0) is 0 Å². The van der Waals surface area contributed by atoms with E-state index in [-0.39, 0.29) is 0 Å². The first-order valence-electron chi connectivity index (χ1n) is 12.9. The number of hydrogen-bond acceptors (Lipinski definition) is 8. The van der Waals surface area contributed by atoms with Gasteiger partial charge in [-0.1, -0.05) is 12.1 Å². The average molecular weight is 469 g/mol. The zero-order chi connectivity index (χ0) is 23.5. The van der Waals surface area contributed by atoms with Crippen LogP contribution in [0.5, 0.6) is 0 Å². The summed E-state index contributed by atoms with van der Waals surface area (Å²) in [7, 11) is 0. The van der Waals surface area contributed by atoms with E-state index in [0.29, 0.717) is 0 Å². The summed E-state index contributed by atoms with van der Waals surface area (Å²) in [6, 6.07) is 17.1. The highest BCUT2D eigenvalue weighted by atomic mass is 15.0. The second-order valence-electron chi connectivity index (χ2n) is 8.58. The zero-order valence-corrected chi connectivity index (χ0v) is 20.5. The van der Waals surface area contributed by atoms with Crippen LogP contribution >= 0.6 is 0 Å². The summed E-state index contributed by atoms with van der Waals surface area (Å²) >= 11 is 0. The molecule has 0 fully saturated rings. The maximum Gasteiger partial charge on any atom is 0.0361 e. The summed E-state index contributed by atoms with van der Waals surface area (Å²) < 4.78 is 0. The van der Waals surface area contributed by atoms with Crippen LogP contribution in [0, 0.1) is 0 Å². The van der Waals surface area contributed by atoms with Gasteiger partial charge in [0.15, 0.2) is 0 Å². The Hall–Kier alpha value is -2.52. The third-order valence-corrected chi connectivity index (χ3v) is 5.66. The number of anilines is 4. The minimum atomic E-state index is 0.921. The molecule has 1 heterocycles. The molecule has 4 bridgehead atoms. The van der Waals surface area contributed by atoms with Crippen molar-refractivity contribution in [2.24, 2.45) is 0 Å². The Morgan fingerprint density at radius 3 is 0.941 bits per heavy atom. The van der Waals surface area contributed by atoms with Crippen LogP contribution in [0.15, 0.2) is 48.5 Å². The molecule has 0 amide bonds. The molecule has 1 aliphatic heterocycles. The van der Waals surface area contributed by atoms with Gasteiger partial charge in [-0.2, -0.15) is 0 Å². The summed E-state index contributed by atoms with van der Waals surface area (Å²) in [5.41, 5.74) is 4.64. The third-order valence-electron chi connectivity index (χ3n) is 5.66. The van der Waals surface area contributed by atoms with Crippen LogP contribution in [0.3, 0.4) is 0 Å². The second-order valence-corrected chi connectivity index (χ2v) is 8.58. The molecule has 0 spiro atoms. The van der Waals surface area contributed by atoms with Crippen molar-refractivity contribution in [2.75, 3.05) is 99.8 Å². The minimum absolute atomic E-state index is 0.921. The van der Waals surface area contributed by atoms with E-state index in [2.05, 4.69) is 91.1 Å². The first kappa shape index (κ1) is 26.1. The van der Waals surface area contributed by atoms with E-state index < -0.39 is 0 Å². The average Bonchev–Trinajstić information content (AvgIpc) is 2.86. The molecule has 0 saturated carbocycles. The van der Waals surface area contributed by atoms with Gasteiger partial charge >= 0.3 is 0 Å². The summed E-state index contributed by atoms with van der Waals surface area (Å²) in [5, 5.41) is 28.1. The van der Waals surface area contributed by atoms with Crippen molar-refractivity contribution in [3.63, 3.8) is 0 Å². The summed E-state index contributed by atoms with van der Waals surface area (Å²) in [6.45, 7) is 11.6. The topological polar surface area (TPSA) is 96.2 Å². The van der Waals surface area contributed by atoms with Crippen LogP contribution < -0.4 is 42.5 Å². The Morgan fingerprint density at radius 1 is 0.353 bits per heavy atom. The summed E-state index contributed by atoms with van der Waals surface area (Å²) in [4.78, 5) is 0. The molecule has 0 atom stereocenters. The van der Waals surface area contributed by atoms with E-state index >= 15 is 0 Å². The van der Waals surface area contributed by atoms with E-state index in [1.54, 1.807) is 0 Å². The molecule has 188 valence electrons. The number of hydrogen-bond donors (Lipinski definition) is 8. The molecule has 2 aromatic carbocycles. The molecule has 8 heteroatoms. The molecule has 8 nitrogen and oxygen atoms in total. The third kappa shape index (κ3) is 11.6. The number of nitrogens with one attached hydrogen (secondary N) is 8. The van der Waals surface area contributed by atoms with Gasteiger partial charge in [-0.3, -0.25) is 0 Å². The van der Waals surface area contributed by atoms with Crippen molar-refractivity contribution in [1.82, 2.24) is 21.3 Å². The summed E-state index contributed by atoms with van der Waals surface area (Å²) in [5.74, 6) is 0. The SMILES string of the molecule is c1cc2cc(c1)NCCNCCCNCCNc1cccc(c1)NCCNCCCNCCN2. The first-order chi connectivity index (χ1) is 16.9. The first-order valence-corrected chi connectivity index (χ1v) is 12.9. The predicted octanol–water partition coefficient (Wildman–Crippen LogP) is 2.19. The quantitative estimate of drug-likeness (QED) is 0.298. The van der Waals surface area contributed by atoms with E-state index in [0.717, 1.165) is 114 Å². The fourth-order valence-electron chi connectivity index (χ4n) is 3.84. The monoisotopic (exact) mass is 468 g/mol. The van der Waals surface area contributed by atoms with Gasteiger partial charge in [0.2, 0.25) is 0 Å². The van der Waals surface area contributed by atoms with Crippen molar-refractivity contribution < 1.29 is 0 Å². The van der Waals surface area contributed by atoms with Gasteiger partial charge in [-0.05, 0) is 75.4 Å². The van der Waals surface area contributed by atoms with Gasteiger partial charge in [0.1, 0.15) is 0 Å². The Morgan fingerprint density at radius 2 is 0.647 bits per heavy atom. The molecular weight excluding hydrogens is 424 g/mol. The highest BCUT2D eigenvalue weighted by molar-refractivity contribution is 5.57. The van der Waals surface area contributed by atoms with Crippen LogP contribution in [0.2, 0.25) is 0 Å².